The normalized spacial score (nSPS) is 9.08. The van der Waals surface area contributed by atoms with E-state index in [9.17, 15) is 4.79 Å². The molecule has 1 rings (SSSR count). The van der Waals surface area contributed by atoms with Gasteiger partial charge in [0.15, 0.2) is 0 Å². The smallest absolute Gasteiger partial charge is 0.336 e. The maximum absolute atomic E-state index is 10.7. The zero-order valence-corrected chi connectivity index (χ0v) is 8.31. The molecule has 1 aromatic rings. The second kappa shape index (κ2) is 4.14. The number of halogens is 1. The Bertz CT molecular complexity index is 337. The minimum atomic E-state index is -0.928. The van der Waals surface area contributed by atoms with Gasteiger partial charge >= 0.3 is 5.97 Å². The maximum Gasteiger partial charge on any atom is 0.336 e. The van der Waals surface area contributed by atoms with E-state index in [0.29, 0.717) is 11.3 Å². The number of carbonyl (C=O) groups is 1. The van der Waals surface area contributed by atoms with Gasteiger partial charge in [0, 0.05) is 5.69 Å². The fourth-order valence-electron chi connectivity index (χ4n) is 1.11. The third kappa shape index (κ3) is 2.36. The summed E-state index contributed by atoms with van der Waals surface area (Å²) in [6.45, 7) is 3.53. The van der Waals surface area contributed by atoms with Crippen molar-refractivity contribution in [3.8, 4) is 0 Å². The Morgan fingerprint density at radius 1 is 1.38 bits per heavy atom. The minimum absolute atomic E-state index is 0. The fourth-order valence-corrected chi connectivity index (χ4v) is 1.11. The third-order valence-corrected chi connectivity index (χ3v) is 1.82. The van der Waals surface area contributed by atoms with Crippen molar-refractivity contribution in [2.24, 2.45) is 0 Å². The Morgan fingerprint density at radius 2 is 1.92 bits per heavy atom. The quantitative estimate of drug-likeness (QED) is 0.684. The second-order valence-corrected chi connectivity index (χ2v) is 2.83. The summed E-state index contributed by atoms with van der Waals surface area (Å²) in [5.74, 6) is -0.928. The van der Waals surface area contributed by atoms with Gasteiger partial charge in [0.1, 0.15) is 0 Å². The lowest BCUT2D eigenvalue weighted by atomic mass is 10.0. The summed E-state index contributed by atoms with van der Waals surface area (Å²) in [5.41, 5.74) is 7.92. The van der Waals surface area contributed by atoms with Crippen molar-refractivity contribution in [1.82, 2.24) is 0 Å². The summed E-state index contributed by atoms with van der Waals surface area (Å²) >= 11 is 0. The number of carboxylic acids is 1. The number of benzene rings is 1. The number of anilines is 1. The first-order valence-corrected chi connectivity index (χ1v) is 3.62. The Balaban J connectivity index is 0.00000144. The van der Waals surface area contributed by atoms with Crippen LogP contribution in [0.1, 0.15) is 21.5 Å². The number of nitrogen functional groups attached to an aromatic ring is 1. The van der Waals surface area contributed by atoms with E-state index < -0.39 is 5.97 Å². The van der Waals surface area contributed by atoms with Crippen molar-refractivity contribution in [2.75, 3.05) is 5.73 Å². The molecule has 3 nitrogen and oxygen atoms in total. The van der Waals surface area contributed by atoms with Gasteiger partial charge in [-0.3, -0.25) is 0 Å². The molecule has 0 saturated carbocycles. The predicted octanol–water partition coefficient (Wildman–Crippen LogP) is 2.01. The summed E-state index contributed by atoms with van der Waals surface area (Å²) in [6, 6.07) is 3.38. The molecule has 3 N–H and O–H groups in total. The Kier molecular flexibility index (Phi) is 3.75. The van der Waals surface area contributed by atoms with Gasteiger partial charge in [-0.1, -0.05) is 0 Å². The molecule has 0 amide bonds. The number of nitrogens with two attached hydrogens (primary N) is 1. The van der Waals surface area contributed by atoms with E-state index in [-0.39, 0.29) is 18.0 Å². The fraction of sp³-hybridized carbons (Fsp3) is 0.222. The zero-order valence-electron chi connectivity index (χ0n) is 7.50. The van der Waals surface area contributed by atoms with E-state index in [0.717, 1.165) is 5.56 Å². The van der Waals surface area contributed by atoms with E-state index in [2.05, 4.69) is 0 Å². The molecule has 4 heteroatoms. The van der Waals surface area contributed by atoms with Gasteiger partial charge in [0.25, 0.3) is 0 Å². The van der Waals surface area contributed by atoms with E-state index >= 15 is 0 Å². The average Bonchev–Trinajstić information content (AvgIpc) is 1.96. The van der Waals surface area contributed by atoms with E-state index in [1.165, 1.54) is 0 Å². The lowest BCUT2D eigenvalue weighted by Crippen LogP contribution is -2.03. The number of aryl methyl sites for hydroxylation is 1. The van der Waals surface area contributed by atoms with Gasteiger partial charge in [-0.05, 0) is 37.1 Å². The molecule has 0 heterocycles. The monoisotopic (exact) mass is 201 g/mol. The highest BCUT2D eigenvalue weighted by Crippen LogP contribution is 2.18. The molecule has 1 aromatic carbocycles. The van der Waals surface area contributed by atoms with Gasteiger partial charge in [0.2, 0.25) is 0 Å². The van der Waals surface area contributed by atoms with Crippen LogP contribution < -0.4 is 5.73 Å². The molecule has 0 bridgehead atoms. The van der Waals surface area contributed by atoms with Crippen molar-refractivity contribution >= 4 is 24.1 Å². The van der Waals surface area contributed by atoms with Crippen LogP contribution in [-0.2, 0) is 0 Å². The molecule has 0 aliphatic carbocycles. The van der Waals surface area contributed by atoms with Crippen LogP contribution in [0.15, 0.2) is 12.1 Å². The number of rotatable bonds is 1. The number of hydrogen-bond donors (Lipinski definition) is 2. The molecular formula is C9H12ClNO2. The molecule has 13 heavy (non-hydrogen) atoms. The SMILES string of the molecule is Cc1cc(N)c(C)c(C(=O)O)c1.Cl. The van der Waals surface area contributed by atoms with Crippen molar-refractivity contribution in [3.63, 3.8) is 0 Å². The lowest BCUT2D eigenvalue weighted by Gasteiger charge is -2.05. The van der Waals surface area contributed by atoms with Gasteiger partial charge in [-0.25, -0.2) is 4.79 Å². The van der Waals surface area contributed by atoms with Crippen molar-refractivity contribution < 1.29 is 9.90 Å². The third-order valence-electron chi connectivity index (χ3n) is 1.82. The van der Waals surface area contributed by atoms with Gasteiger partial charge in [-0.15, -0.1) is 12.4 Å². The summed E-state index contributed by atoms with van der Waals surface area (Å²) < 4.78 is 0. The van der Waals surface area contributed by atoms with Gasteiger partial charge in [-0.2, -0.15) is 0 Å². The molecule has 0 aromatic heterocycles. The molecular weight excluding hydrogens is 190 g/mol. The summed E-state index contributed by atoms with van der Waals surface area (Å²) in [7, 11) is 0. The molecule has 0 atom stereocenters. The average molecular weight is 202 g/mol. The topological polar surface area (TPSA) is 63.3 Å². The number of carboxylic acid groups (broad SMARTS) is 1. The molecule has 0 aliphatic rings. The molecule has 0 aliphatic heterocycles. The van der Waals surface area contributed by atoms with Crippen molar-refractivity contribution in [3.05, 3.63) is 28.8 Å². The second-order valence-electron chi connectivity index (χ2n) is 2.83. The zero-order chi connectivity index (χ0) is 9.30. The molecule has 0 saturated heterocycles. The molecule has 72 valence electrons. The van der Waals surface area contributed by atoms with E-state index in [4.69, 9.17) is 10.8 Å². The Hall–Kier alpha value is -1.22. The minimum Gasteiger partial charge on any atom is -0.478 e. The highest BCUT2D eigenvalue weighted by atomic mass is 35.5. The summed E-state index contributed by atoms with van der Waals surface area (Å²) in [6.07, 6.45) is 0. The number of aromatic carboxylic acids is 1. The van der Waals surface area contributed by atoms with E-state index in [1.807, 2.05) is 6.92 Å². The molecule has 0 radical (unpaired) electrons. The van der Waals surface area contributed by atoms with E-state index in [1.54, 1.807) is 19.1 Å². The van der Waals surface area contributed by atoms with Gasteiger partial charge < -0.3 is 10.8 Å². The largest absolute Gasteiger partial charge is 0.478 e. The predicted molar refractivity (Wildman–Crippen MR) is 54.5 cm³/mol. The summed E-state index contributed by atoms with van der Waals surface area (Å²) in [5, 5.41) is 8.76. The molecule has 0 spiro atoms. The van der Waals surface area contributed by atoms with Crippen LogP contribution in [0, 0.1) is 13.8 Å². The first kappa shape index (κ1) is 11.8. The first-order chi connectivity index (χ1) is 5.52. The Labute approximate surface area is 83.0 Å². The summed E-state index contributed by atoms with van der Waals surface area (Å²) in [4.78, 5) is 10.7. The van der Waals surface area contributed by atoms with Crippen LogP contribution in [0.4, 0.5) is 5.69 Å². The van der Waals surface area contributed by atoms with Crippen LogP contribution in [0.3, 0.4) is 0 Å². The van der Waals surface area contributed by atoms with Gasteiger partial charge in [0.05, 0.1) is 5.56 Å². The van der Waals surface area contributed by atoms with Crippen molar-refractivity contribution in [1.29, 1.82) is 0 Å². The highest BCUT2D eigenvalue weighted by Gasteiger charge is 2.09. The molecule has 0 fully saturated rings. The Morgan fingerprint density at radius 3 is 2.38 bits per heavy atom. The van der Waals surface area contributed by atoms with Crippen molar-refractivity contribution in [2.45, 2.75) is 13.8 Å². The number of hydrogen-bond acceptors (Lipinski definition) is 2. The van der Waals surface area contributed by atoms with Crippen LogP contribution in [0.5, 0.6) is 0 Å². The first-order valence-electron chi connectivity index (χ1n) is 3.62. The maximum atomic E-state index is 10.7. The van der Waals surface area contributed by atoms with Crippen LogP contribution in [0.25, 0.3) is 0 Å². The van der Waals surface area contributed by atoms with Crippen LogP contribution >= 0.6 is 12.4 Å². The van der Waals surface area contributed by atoms with Crippen LogP contribution in [-0.4, -0.2) is 11.1 Å². The highest BCUT2D eigenvalue weighted by molar-refractivity contribution is 5.91. The molecule has 0 unspecified atom stereocenters. The van der Waals surface area contributed by atoms with Crippen LogP contribution in [0.2, 0.25) is 0 Å². The lowest BCUT2D eigenvalue weighted by molar-refractivity contribution is 0.0696. The standard InChI is InChI=1S/C9H11NO2.ClH/c1-5-3-7(9(11)12)6(2)8(10)4-5;/h3-4H,10H2,1-2H3,(H,11,12);1H.